The maximum Gasteiger partial charge on any atom is 0.273 e. The number of benzene rings is 2. The maximum atomic E-state index is 13.6. The highest BCUT2D eigenvalue weighted by atomic mass is 32.1. The fourth-order valence-electron chi connectivity index (χ4n) is 3.38. The lowest BCUT2D eigenvalue weighted by Crippen LogP contribution is -2.31. The summed E-state index contributed by atoms with van der Waals surface area (Å²) < 4.78 is 6.57. The van der Waals surface area contributed by atoms with E-state index in [0.29, 0.717) is 34.3 Å². The zero-order valence-electron chi connectivity index (χ0n) is 17.5. The Bertz CT molecular complexity index is 1290. The number of hydrogen-bond acceptors (Lipinski definition) is 7. The van der Waals surface area contributed by atoms with Gasteiger partial charge in [0.25, 0.3) is 11.6 Å². The highest BCUT2D eigenvalue weighted by Gasteiger charge is 2.26. The number of pyridine rings is 1. The summed E-state index contributed by atoms with van der Waals surface area (Å²) in [5, 5.41) is 11.9. The fourth-order valence-corrected chi connectivity index (χ4v) is 4.36. The van der Waals surface area contributed by atoms with Crippen molar-refractivity contribution in [1.29, 1.82) is 0 Å². The van der Waals surface area contributed by atoms with E-state index in [4.69, 9.17) is 9.72 Å². The zero-order valence-corrected chi connectivity index (χ0v) is 18.3. The lowest BCUT2D eigenvalue weighted by molar-refractivity contribution is -0.385. The Morgan fingerprint density at radius 3 is 2.69 bits per heavy atom. The Kier molecular flexibility index (Phi) is 6.09. The van der Waals surface area contributed by atoms with Gasteiger partial charge in [0, 0.05) is 23.4 Å². The molecule has 2 aromatic carbocycles. The molecule has 0 bridgehead atoms. The molecule has 0 aliphatic carbocycles. The van der Waals surface area contributed by atoms with Crippen LogP contribution in [-0.2, 0) is 6.54 Å². The number of thiazole rings is 1. The van der Waals surface area contributed by atoms with Gasteiger partial charge in [0.05, 0.1) is 28.5 Å². The summed E-state index contributed by atoms with van der Waals surface area (Å²) in [6.07, 6.45) is 1.65. The first kappa shape index (κ1) is 21.4. The number of amides is 1. The van der Waals surface area contributed by atoms with Crippen molar-refractivity contribution in [2.75, 3.05) is 11.5 Å². The van der Waals surface area contributed by atoms with Crippen molar-refractivity contribution in [2.24, 2.45) is 0 Å². The minimum Gasteiger partial charge on any atom is -0.492 e. The molecule has 0 saturated heterocycles. The van der Waals surface area contributed by atoms with Crippen molar-refractivity contribution >= 4 is 38.3 Å². The van der Waals surface area contributed by atoms with Crippen LogP contribution >= 0.6 is 11.3 Å². The van der Waals surface area contributed by atoms with Crippen LogP contribution in [0.3, 0.4) is 0 Å². The van der Waals surface area contributed by atoms with Gasteiger partial charge in [0.2, 0.25) is 0 Å². The highest BCUT2D eigenvalue weighted by molar-refractivity contribution is 7.22. The Morgan fingerprint density at radius 2 is 1.97 bits per heavy atom. The summed E-state index contributed by atoms with van der Waals surface area (Å²) in [6.45, 7) is 4.14. The van der Waals surface area contributed by atoms with Gasteiger partial charge in [0.15, 0.2) is 5.13 Å². The molecule has 0 spiro atoms. The van der Waals surface area contributed by atoms with E-state index in [1.54, 1.807) is 25.3 Å². The van der Waals surface area contributed by atoms with Gasteiger partial charge < -0.3 is 4.74 Å². The van der Waals surface area contributed by atoms with Crippen LogP contribution in [0, 0.1) is 17.0 Å². The molecule has 0 aliphatic heterocycles. The zero-order chi connectivity index (χ0) is 22.7. The van der Waals surface area contributed by atoms with Crippen LogP contribution in [0.2, 0.25) is 0 Å². The second-order valence-corrected chi connectivity index (χ2v) is 7.96. The Balaban J connectivity index is 1.82. The molecular weight excluding hydrogens is 428 g/mol. The number of hydrogen-bond donors (Lipinski definition) is 0. The summed E-state index contributed by atoms with van der Waals surface area (Å²) in [7, 11) is 0. The predicted molar refractivity (Wildman–Crippen MR) is 123 cm³/mol. The van der Waals surface area contributed by atoms with Gasteiger partial charge >= 0.3 is 0 Å². The van der Waals surface area contributed by atoms with Crippen LogP contribution in [0.25, 0.3) is 10.2 Å². The molecule has 162 valence electrons. The van der Waals surface area contributed by atoms with Gasteiger partial charge in [-0.15, -0.1) is 0 Å². The monoisotopic (exact) mass is 448 g/mol. The number of fused-ring (bicyclic) bond motifs is 1. The minimum absolute atomic E-state index is 0.100. The number of aromatic nitrogens is 2. The number of nitrogens with zero attached hydrogens (tertiary/aromatic N) is 4. The van der Waals surface area contributed by atoms with Crippen LogP contribution in [-0.4, -0.2) is 27.4 Å². The van der Waals surface area contributed by atoms with Crippen molar-refractivity contribution in [2.45, 2.75) is 20.4 Å². The molecule has 2 aromatic heterocycles. The van der Waals surface area contributed by atoms with E-state index in [-0.39, 0.29) is 23.7 Å². The molecule has 9 heteroatoms. The highest BCUT2D eigenvalue weighted by Crippen LogP contribution is 2.36. The molecule has 0 saturated carbocycles. The van der Waals surface area contributed by atoms with E-state index in [2.05, 4.69) is 4.98 Å². The van der Waals surface area contributed by atoms with E-state index in [9.17, 15) is 14.9 Å². The molecule has 0 radical (unpaired) electrons. The number of rotatable bonds is 7. The summed E-state index contributed by atoms with van der Waals surface area (Å²) in [5.74, 6) is 0.262. The lowest BCUT2D eigenvalue weighted by atomic mass is 10.1. The quantitative estimate of drug-likeness (QED) is 0.286. The number of carbonyl (C=O) groups is 1. The van der Waals surface area contributed by atoms with Gasteiger partial charge in [-0.2, -0.15) is 0 Å². The third-order valence-corrected chi connectivity index (χ3v) is 5.97. The van der Waals surface area contributed by atoms with Gasteiger partial charge in [-0.05, 0) is 44.2 Å². The average Bonchev–Trinajstić information content (AvgIpc) is 3.23. The van der Waals surface area contributed by atoms with Crippen LogP contribution in [0.15, 0.2) is 60.8 Å². The molecule has 0 aliphatic rings. The van der Waals surface area contributed by atoms with Gasteiger partial charge in [-0.1, -0.05) is 29.5 Å². The van der Waals surface area contributed by atoms with E-state index in [0.717, 1.165) is 4.70 Å². The number of anilines is 1. The van der Waals surface area contributed by atoms with Crippen LogP contribution in [0.4, 0.5) is 10.8 Å². The number of carbonyl (C=O) groups excluding carboxylic acids is 1. The van der Waals surface area contributed by atoms with Crippen molar-refractivity contribution in [3.8, 4) is 5.75 Å². The molecule has 1 amide bonds. The normalized spacial score (nSPS) is 10.8. The second-order valence-electron chi connectivity index (χ2n) is 6.95. The van der Waals surface area contributed by atoms with Crippen LogP contribution in [0.1, 0.15) is 28.5 Å². The topological polar surface area (TPSA) is 98.5 Å². The van der Waals surface area contributed by atoms with Crippen molar-refractivity contribution < 1.29 is 14.5 Å². The molecule has 8 nitrogen and oxygen atoms in total. The van der Waals surface area contributed by atoms with E-state index >= 15 is 0 Å². The van der Waals surface area contributed by atoms with Gasteiger partial charge in [0.1, 0.15) is 11.3 Å². The van der Waals surface area contributed by atoms with Crippen molar-refractivity contribution in [1.82, 2.24) is 9.97 Å². The van der Waals surface area contributed by atoms with E-state index in [1.165, 1.54) is 28.4 Å². The molecule has 2 heterocycles. The first-order chi connectivity index (χ1) is 15.5. The minimum atomic E-state index is -0.485. The van der Waals surface area contributed by atoms with Crippen molar-refractivity contribution in [3.05, 3.63) is 87.7 Å². The van der Waals surface area contributed by atoms with E-state index < -0.39 is 4.92 Å². The van der Waals surface area contributed by atoms with Gasteiger partial charge in [-0.25, -0.2) is 4.98 Å². The first-order valence-corrected chi connectivity index (χ1v) is 10.8. The average molecular weight is 449 g/mol. The third-order valence-electron chi connectivity index (χ3n) is 4.93. The molecule has 4 rings (SSSR count). The summed E-state index contributed by atoms with van der Waals surface area (Å²) >= 11 is 1.36. The predicted octanol–water partition coefficient (Wildman–Crippen LogP) is 5.15. The first-order valence-electron chi connectivity index (χ1n) is 9.97. The summed E-state index contributed by atoms with van der Waals surface area (Å²) in [5.41, 5.74) is 1.80. The van der Waals surface area contributed by atoms with E-state index in [1.807, 2.05) is 37.3 Å². The molecule has 0 N–H and O–H groups in total. The summed E-state index contributed by atoms with van der Waals surface area (Å²) in [4.78, 5) is 35.1. The Morgan fingerprint density at radius 1 is 1.16 bits per heavy atom. The molecular formula is C23H20N4O4S. The maximum absolute atomic E-state index is 13.6. The number of ether oxygens (including phenoxy) is 1. The molecule has 0 unspecified atom stereocenters. The number of para-hydroxylation sites is 1. The third kappa shape index (κ3) is 4.15. The molecule has 0 atom stereocenters. The number of nitro groups is 1. The SMILES string of the molecule is CCOc1cccc2sc(N(Cc3ccccn3)C(=O)c3cccc([N+](=O)[O-])c3C)nc12. The summed E-state index contributed by atoms with van der Waals surface area (Å²) in [6, 6.07) is 15.6. The van der Waals surface area contributed by atoms with Gasteiger partial charge in [-0.3, -0.25) is 24.8 Å². The van der Waals surface area contributed by atoms with Crippen LogP contribution < -0.4 is 9.64 Å². The fraction of sp³-hybridized carbons (Fsp3) is 0.174. The smallest absolute Gasteiger partial charge is 0.273 e. The largest absolute Gasteiger partial charge is 0.492 e. The Hall–Kier alpha value is -3.85. The second kappa shape index (κ2) is 9.11. The standard InChI is InChI=1S/C23H20N4O4S/c1-3-31-19-11-7-12-20-21(19)25-23(32-20)26(14-16-8-4-5-13-24-16)22(28)17-9-6-10-18(15(17)2)27(29)30/h4-13H,3,14H2,1-2H3. The van der Waals surface area contributed by atoms with Crippen LogP contribution in [0.5, 0.6) is 5.75 Å². The Labute approximate surface area is 188 Å². The van der Waals surface area contributed by atoms with Crippen molar-refractivity contribution in [3.63, 3.8) is 0 Å². The molecule has 32 heavy (non-hydrogen) atoms. The molecule has 0 fully saturated rings. The lowest BCUT2D eigenvalue weighted by Gasteiger charge is -2.20. The molecule has 4 aromatic rings. The number of nitro benzene ring substituents is 1.